The number of carbonyl (C=O) groups excluding carboxylic acids is 2. The quantitative estimate of drug-likeness (QED) is 0.0875. The van der Waals surface area contributed by atoms with Crippen molar-refractivity contribution < 1.29 is 14.3 Å². The monoisotopic (exact) mass is 679 g/mol. The minimum Gasteiger partial charge on any atom is -0.462 e. The Morgan fingerprint density at radius 1 is 0.766 bits per heavy atom. The van der Waals surface area contributed by atoms with Crippen molar-refractivity contribution in [3.63, 3.8) is 0 Å². The van der Waals surface area contributed by atoms with Gasteiger partial charge in [-0.15, -0.1) is 0 Å². The van der Waals surface area contributed by atoms with E-state index in [2.05, 4.69) is 12.2 Å². The van der Waals surface area contributed by atoms with Crippen LogP contribution in [-0.2, 0) is 9.53 Å². The fourth-order valence-corrected chi connectivity index (χ4v) is 6.26. The van der Waals surface area contributed by atoms with Crippen LogP contribution in [0.5, 0.6) is 0 Å². The molecule has 0 aromatic heterocycles. The Hall–Kier alpha value is -3.35. The van der Waals surface area contributed by atoms with Gasteiger partial charge in [-0.05, 0) is 81.1 Å². The molecule has 0 radical (unpaired) electrons. The number of anilines is 2. The molecule has 0 fully saturated rings. The van der Waals surface area contributed by atoms with E-state index in [4.69, 9.17) is 32.9 Å². The van der Waals surface area contributed by atoms with Gasteiger partial charge in [-0.1, -0.05) is 106 Å². The molecule has 0 aliphatic rings. The van der Waals surface area contributed by atoms with Gasteiger partial charge in [0.1, 0.15) is 5.71 Å². The standard InChI is InChI=1S/C39H51Cl2N3O3/c1-8-9-10-11-12-13-14-15-16-17-20-47-39(46)31-24-35(33(41)25-32(31)40)43-38(45)37(36-28(4)21-26(2)22-29(36)5)42-34-19-18-30(44(6)7)23-27(34)3/h18-19,21-25H,8-17,20H2,1-7H3,(H,43,45). The van der Waals surface area contributed by atoms with E-state index in [-0.39, 0.29) is 27.0 Å². The zero-order chi connectivity index (χ0) is 34.5. The molecule has 0 bridgehead atoms. The van der Waals surface area contributed by atoms with E-state index >= 15 is 0 Å². The third kappa shape index (κ3) is 11.4. The fourth-order valence-electron chi connectivity index (χ4n) is 5.75. The first-order valence-corrected chi connectivity index (χ1v) is 17.6. The minimum atomic E-state index is -0.547. The molecule has 6 nitrogen and oxygen atoms in total. The lowest BCUT2D eigenvalue weighted by Crippen LogP contribution is -2.26. The van der Waals surface area contributed by atoms with Crippen molar-refractivity contribution in [2.75, 3.05) is 30.9 Å². The van der Waals surface area contributed by atoms with Crippen LogP contribution in [0.1, 0.15) is 109 Å². The molecule has 0 unspecified atom stereocenters. The van der Waals surface area contributed by atoms with Gasteiger partial charge in [0, 0.05) is 25.3 Å². The van der Waals surface area contributed by atoms with Crippen LogP contribution in [0.25, 0.3) is 0 Å². The Kier molecular flexibility index (Phi) is 15.3. The molecule has 1 amide bonds. The van der Waals surface area contributed by atoms with Gasteiger partial charge in [0.05, 0.1) is 33.6 Å². The Labute approximate surface area is 291 Å². The summed E-state index contributed by atoms with van der Waals surface area (Å²) in [6, 6.07) is 12.9. The Balaban J connectivity index is 1.76. The van der Waals surface area contributed by atoms with E-state index in [0.717, 1.165) is 52.8 Å². The molecule has 1 N–H and O–H groups in total. The number of halogens is 2. The van der Waals surface area contributed by atoms with Crippen molar-refractivity contribution in [2.45, 2.75) is 98.8 Å². The summed E-state index contributed by atoms with van der Waals surface area (Å²) in [6.45, 7) is 10.5. The van der Waals surface area contributed by atoms with Gasteiger partial charge in [-0.3, -0.25) is 4.79 Å². The number of unbranched alkanes of at least 4 members (excludes halogenated alkanes) is 9. The molecule has 254 valence electrons. The second-order valence-corrected chi connectivity index (χ2v) is 13.5. The van der Waals surface area contributed by atoms with Gasteiger partial charge < -0.3 is 15.0 Å². The van der Waals surface area contributed by atoms with E-state index < -0.39 is 11.9 Å². The molecule has 0 aliphatic carbocycles. The molecule has 47 heavy (non-hydrogen) atoms. The minimum absolute atomic E-state index is 0.148. The molecular formula is C39H51Cl2N3O3. The molecule has 0 saturated carbocycles. The molecule has 0 heterocycles. The summed E-state index contributed by atoms with van der Waals surface area (Å²) in [7, 11) is 3.96. The molecule has 0 saturated heterocycles. The normalized spacial score (nSPS) is 11.5. The number of carbonyl (C=O) groups is 2. The average molecular weight is 681 g/mol. The summed E-state index contributed by atoms with van der Waals surface area (Å²) in [5.74, 6) is -1.00. The maximum absolute atomic E-state index is 14.0. The highest BCUT2D eigenvalue weighted by molar-refractivity contribution is 6.50. The fraction of sp³-hybridized carbons (Fsp3) is 0.462. The number of rotatable bonds is 17. The number of benzene rings is 3. The summed E-state index contributed by atoms with van der Waals surface area (Å²) >= 11 is 13.0. The summed E-state index contributed by atoms with van der Waals surface area (Å²) in [5.41, 5.74) is 6.99. The molecule has 3 aromatic rings. The average Bonchev–Trinajstić information content (AvgIpc) is 3.00. The second kappa shape index (κ2) is 18.8. The molecule has 0 atom stereocenters. The molecule has 3 aromatic carbocycles. The van der Waals surface area contributed by atoms with E-state index in [1.54, 1.807) is 0 Å². The van der Waals surface area contributed by atoms with Crippen molar-refractivity contribution in [2.24, 2.45) is 4.99 Å². The highest BCUT2D eigenvalue weighted by Crippen LogP contribution is 2.31. The van der Waals surface area contributed by atoms with Crippen molar-refractivity contribution >= 4 is 57.9 Å². The Morgan fingerprint density at radius 3 is 1.94 bits per heavy atom. The van der Waals surface area contributed by atoms with Crippen LogP contribution in [0.4, 0.5) is 17.1 Å². The van der Waals surface area contributed by atoms with Gasteiger partial charge >= 0.3 is 5.97 Å². The van der Waals surface area contributed by atoms with Gasteiger partial charge in [-0.2, -0.15) is 0 Å². The van der Waals surface area contributed by atoms with Crippen LogP contribution in [0.2, 0.25) is 10.0 Å². The topological polar surface area (TPSA) is 71.0 Å². The van der Waals surface area contributed by atoms with Crippen LogP contribution in [0.15, 0.2) is 47.5 Å². The van der Waals surface area contributed by atoms with Gasteiger partial charge in [0.2, 0.25) is 0 Å². The molecule has 3 rings (SSSR count). The zero-order valence-electron chi connectivity index (χ0n) is 29.2. The van der Waals surface area contributed by atoms with Crippen LogP contribution in [-0.4, -0.2) is 38.3 Å². The zero-order valence-corrected chi connectivity index (χ0v) is 30.7. The summed E-state index contributed by atoms with van der Waals surface area (Å²) in [4.78, 5) is 34.0. The third-order valence-corrected chi connectivity index (χ3v) is 8.94. The molecular weight excluding hydrogens is 629 g/mol. The maximum Gasteiger partial charge on any atom is 0.339 e. The smallest absolute Gasteiger partial charge is 0.339 e. The number of aliphatic imine (C=N–C) groups is 1. The number of ether oxygens (including phenoxy) is 1. The van der Waals surface area contributed by atoms with E-state index in [0.29, 0.717) is 12.3 Å². The summed E-state index contributed by atoms with van der Waals surface area (Å²) in [5, 5.41) is 3.28. The number of hydrogen-bond donors (Lipinski definition) is 1. The Morgan fingerprint density at radius 2 is 1.36 bits per heavy atom. The van der Waals surface area contributed by atoms with Crippen molar-refractivity contribution in [1.29, 1.82) is 0 Å². The van der Waals surface area contributed by atoms with Crippen molar-refractivity contribution in [3.05, 3.63) is 85.9 Å². The number of hydrogen-bond acceptors (Lipinski definition) is 5. The SMILES string of the molecule is CCCCCCCCCCCCOC(=O)c1cc(NC(=O)C(=Nc2ccc(N(C)C)cc2C)c2c(C)cc(C)cc2C)c(Cl)cc1Cl. The predicted molar refractivity (Wildman–Crippen MR) is 200 cm³/mol. The van der Waals surface area contributed by atoms with Crippen LogP contribution < -0.4 is 10.2 Å². The molecule has 0 spiro atoms. The van der Waals surface area contributed by atoms with Crippen LogP contribution in [0.3, 0.4) is 0 Å². The maximum atomic E-state index is 14.0. The van der Waals surface area contributed by atoms with Crippen molar-refractivity contribution in [1.82, 2.24) is 0 Å². The van der Waals surface area contributed by atoms with Gasteiger partial charge in [-0.25, -0.2) is 9.79 Å². The van der Waals surface area contributed by atoms with E-state index in [1.807, 2.05) is 77.0 Å². The van der Waals surface area contributed by atoms with Crippen LogP contribution >= 0.6 is 23.2 Å². The number of amides is 1. The number of nitrogens with zero attached hydrogens (tertiary/aromatic N) is 2. The van der Waals surface area contributed by atoms with Gasteiger partial charge in [0.15, 0.2) is 0 Å². The summed E-state index contributed by atoms with van der Waals surface area (Å²) < 4.78 is 5.55. The lowest BCUT2D eigenvalue weighted by molar-refractivity contribution is -0.110. The molecule has 8 heteroatoms. The van der Waals surface area contributed by atoms with Crippen molar-refractivity contribution in [3.8, 4) is 0 Å². The third-order valence-electron chi connectivity index (χ3n) is 8.31. The molecule has 0 aliphatic heterocycles. The number of esters is 1. The second-order valence-electron chi connectivity index (χ2n) is 12.7. The lowest BCUT2D eigenvalue weighted by atomic mass is 9.95. The highest BCUT2D eigenvalue weighted by Gasteiger charge is 2.23. The first kappa shape index (κ1) is 38.1. The highest BCUT2D eigenvalue weighted by atomic mass is 35.5. The lowest BCUT2D eigenvalue weighted by Gasteiger charge is -2.17. The first-order chi connectivity index (χ1) is 22.4. The van der Waals surface area contributed by atoms with E-state index in [1.165, 1.54) is 57.1 Å². The number of nitrogens with one attached hydrogen (secondary N) is 1. The van der Waals surface area contributed by atoms with E-state index in [9.17, 15) is 9.59 Å². The van der Waals surface area contributed by atoms with Gasteiger partial charge in [0.25, 0.3) is 5.91 Å². The van der Waals surface area contributed by atoms with Crippen LogP contribution in [0, 0.1) is 27.7 Å². The first-order valence-electron chi connectivity index (χ1n) is 16.8. The summed E-state index contributed by atoms with van der Waals surface area (Å²) in [6.07, 6.45) is 11.9. The predicted octanol–water partition coefficient (Wildman–Crippen LogP) is 11.1. The number of aryl methyl sites for hydroxylation is 4. The largest absolute Gasteiger partial charge is 0.462 e. The Bertz CT molecular complexity index is 1540.